The Morgan fingerprint density at radius 2 is 1.86 bits per heavy atom. The van der Waals surface area contributed by atoms with E-state index in [1.165, 1.54) is 5.56 Å². The lowest BCUT2D eigenvalue weighted by molar-refractivity contribution is -0.122. The van der Waals surface area contributed by atoms with Gasteiger partial charge in [0.25, 0.3) is 5.91 Å². The van der Waals surface area contributed by atoms with Crippen LogP contribution in [0.5, 0.6) is 0 Å². The molecule has 4 aromatic rings. The van der Waals surface area contributed by atoms with Gasteiger partial charge in [-0.3, -0.25) is 14.6 Å². The Bertz CT molecular complexity index is 1320. The molecule has 7 heteroatoms. The molecule has 178 valence electrons. The number of pyridine rings is 1. The first kappa shape index (κ1) is 22.8. The summed E-state index contributed by atoms with van der Waals surface area (Å²) in [6, 6.07) is 19.1. The molecule has 1 N–H and O–H groups in total. The molecule has 0 spiro atoms. The van der Waals surface area contributed by atoms with E-state index in [-0.39, 0.29) is 17.7 Å². The molecule has 0 atom stereocenters. The van der Waals surface area contributed by atoms with Gasteiger partial charge in [-0.1, -0.05) is 23.8 Å². The van der Waals surface area contributed by atoms with E-state index in [4.69, 9.17) is 4.42 Å². The predicted molar refractivity (Wildman–Crippen MR) is 134 cm³/mol. The molecule has 2 aromatic carbocycles. The number of piperidine rings is 1. The number of hydrogen-bond acceptors (Lipinski definition) is 5. The number of aryl methyl sites for hydroxylation is 1. The summed E-state index contributed by atoms with van der Waals surface area (Å²) in [4.78, 5) is 36.1. The van der Waals surface area contributed by atoms with Crippen molar-refractivity contribution >= 4 is 22.9 Å². The molecule has 5 rings (SSSR count). The number of amides is 2. The molecular weight excluding hydrogens is 440 g/mol. The molecule has 2 aromatic heterocycles. The lowest BCUT2D eigenvalue weighted by Gasteiger charge is -2.31. The molecular formula is C28H28N4O3. The molecule has 3 heterocycles. The Hall–Kier alpha value is -4.00. The molecule has 0 bridgehead atoms. The van der Waals surface area contributed by atoms with Gasteiger partial charge in [-0.2, -0.15) is 0 Å². The first-order valence-electron chi connectivity index (χ1n) is 12.0. The molecule has 0 radical (unpaired) electrons. The zero-order valence-electron chi connectivity index (χ0n) is 19.7. The van der Waals surface area contributed by atoms with E-state index in [1.807, 2.05) is 60.4 Å². The number of aromatic nitrogens is 2. The van der Waals surface area contributed by atoms with Gasteiger partial charge in [0.15, 0.2) is 5.58 Å². The monoisotopic (exact) mass is 468 g/mol. The Kier molecular flexibility index (Phi) is 6.57. The maximum absolute atomic E-state index is 13.1. The Balaban J connectivity index is 1.16. The van der Waals surface area contributed by atoms with E-state index >= 15 is 0 Å². The third-order valence-electron chi connectivity index (χ3n) is 6.50. The summed E-state index contributed by atoms with van der Waals surface area (Å²) < 4.78 is 5.90. The third-order valence-corrected chi connectivity index (χ3v) is 6.50. The van der Waals surface area contributed by atoms with Crippen LogP contribution in [0.25, 0.3) is 22.6 Å². The van der Waals surface area contributed by atoms with Gasteiger partial charge in [-0.25, -0.2) is 4.98 Å². The minimum atomic E-state index is -0.00941. The summed E-state index contributed by atoms with van der Waals surface area (Å²) in [7, 11) is 0. The second-order valence-electron chi connectivity index (χ2n) is 9.11. The van der Waals surface area contributed by atoms with Gasteiger partial charge in [-0.15, -0.1) is 0 Å². The van der Waals surface area contributed by atoms with Crippen LogP contribution in [-0.4, -0.2) is 39.8 Å². The van der Waals surface area contributed by atoms with Crippen LogP contribution in [0.15, 0.2) is 71.3 Å². The summed E-state index contributed by atoms with van der Waals surface area (Å²) in [6.07, 6.45) is 3.82. The van der Waals surface area contributed by atoms with E-state index in [0.29, 0.717) is 48.6 Å². The third kappa shape index (κ3) is 5.40. The Morgan fingerprint density at radius 1 is 1.06 bits per heavy atom. The molecule has 0 unspecified atom stereocenters. The van der Waals surface area contributed by atoms with Gasteiger partial charge < -0.3 is 14.6 Å². The SMILES string of the molecule is Cc1ccc(-c2nc3cc(C(=O)N4CCC(CC(=O)NCc5ccccn5)CC4)ccc3o2)cc1. The highest BCUT2D eigenvalue weighted by molar-refractivity contribution is 5.97. The summed E-state index contributed by atoms with van der Waals surface area (Å²) >= 11 is 0. The predicted octanol–water partition coefficient (Wildman–Crippen LogP) is 4.76. The maximum Gasteiger partial charge on any atom is 0.253 e. The molecule has 1 fully saturated rings. The highest BCUT2D eigenvalue weighted by Crippen LogP contribution is 2.27. The summed E-state index contributed by atoms with van der Waals surface area (Å²) in [5, 5.41) is 2.94. The number of nitrogens with one attached hydrogen (secondary N) is 1. The van der Waals surface area contributed by atoms with Crippen molar-refractivity contribution in [1.29, 1.82) is 0 Å². The topological polar surface area (TPSA) is 88.3 Å². The first-order valence-corrected chi connectivity index (χ1v) is 12.0. The van der Waals surface area contributed by atoms with E-state index < -0.39 is 0 Å². The van der Waals surface area contributed by atoms with Gasteiger partial charge in [-0.05, 0) is 68.1 Å². The number of nitrogens with zero attached hydrogens (tertiary/aromatic N) is 3. The minimum Gasteiger partial charge on any atom is -0.436 e. The van der Waals surface area contributed by atoms with E-state index in [1.54, 1.807) is 18.3 Å². The molecule has 1 saturated heterocycles. The zero-order valence-corrected chi connectivity index (χ0v) is 19.7. The molecule has 1 aliphatic heterocycles. The van der Waals surface area contributed by atoms with Crippen molar-refractivity contribution < 1.29 is 14.0 Å². The Labute approximate surface area is 204 Å². The van der Waals surface area contributed by atoms with Gasteiger partial charge in [0.2, 0.25) is 11.8 Å². The van der Waals surface area contributed by atoms with Crippen molar-refractivity contribution in [3.8, 4) is 11.5 Å². The average molecular weight is 469 g/mol. The number of carbonyl (C=O) groups excluding carboxylic acids is 2. The number of oxazole rings is 1. The highest BCUT2D eigenvalue weighted by atomic mass is 16.3. The van der Waals surface area contributed by atoms with Crippen LogP contribution in [0, 0.1) is 12.8 Å². The van der Waals surface area contributed by atoms with Crippen molar-refractivity contribution in [1.82, 2.24) is 20.2 Å². The fraction of sp³-hybridized carbons (Fsp3) is 0.286. The maximum atomic E-state index is 13.1. The lowest BCUT2D eigenvalue weighted by atomic mass is 9.93. The van der Waals surface area contributed by atoms with Crippen molar-refractivity contribution in [2.45, 2.75) is 32.7 Å². The molecule has 7 nitrogen and oxygen atoms in total. The number of fused-ring (bicyclic) bond motifs is 1. The molecule has 0 saturated carbocycles. The summed E-state index contributed by atoms with van der Waals surface area (Å²) in [5.74, 6) is 0.843. The lowest BCUT2D eigenvalue weighted by Crippen LogP contribution is -2.39. The fourth-order valence-corrected chi connectivity index (χ4v) is 4.43. The van der Waals surface area contributed by atoms with Gasteiger partial charge in [0.05, 0.1) is 12.2 Å². The largest absolute Gasteiger partial charge is 0.436 e. The van der Waals surface area contributed by atoms with E-state index in [0.717, 1.165) is 24.1 Å². The second kappa shape index (κ2) is 10.1. The summed E-state index contributed by atoms with van der Waals surface area (Å²) in [6.45, 7) is 3.76. The standard InChI is InChI=1S/C28H28N4O3/c1-19-5-7-21(8-6-19)27-31-24-17-22(9-10-25(24)35-27)28(34)32-14-11-20(12-15-32)16-26(33)30-18-23-4-2-3-13-29-23/h2-10,13,17,20H,11-12,14-16,18H2,1H3,(H,30,33). The van der Waals surface area contributed by atoms with E-state index in [2.05, 4.69) is 15.3 Å². The summed E-state index contributed by atoms with van der Waals surface area (Å²) in [5.41, 5.74) is 4.86. The van der Waals surface area contributed by atoms with Gasteiger partial charge in [0, 0.05) is 36.8 Å². The highest BCUT2D eigenvalue weighted by Gasteiger charge is 2.25. The smallest absolute Gasteiger partial charge is 0.253 e. The van der Waals surface area contributed by atoms with Crippen molar-refractivity contribution in [2.75, 3.05) is 13.1 Å². The second-order valence-corrected chi connectivity index (χ2v) is 9.11. The van der Waals surface area contributed by atoms with Crippen molar-refractivity contribution in [3.63, 3.8) is 0 Å². The van der Waals surface area contributed by atoms with Crippen LogP contribution >= 0.6 is 0 Å². The zero-order chi connectivity index (χ0) is 24.2. The normalized spacial score (nSPS) is 14.3. The minimum absolute atomic E-state index is 0.00941. The van der Waals surface area contributed by atoms with Gasteiger partial charge >= 0.3 is 0 Å². The number of hydrogen-bond donors (Lipinski definition) is 1. The molecule has 0 aliphatic carbocycles. The van der Waals surface area contributed by atoms with Crippen LogP contribution < -0.4 is 5.32 Å². The van der Waals surface area contributed by atoms with E-state index in [9.17, 15) is 9.59 Å². The molecule has 1 aliphatic rings. The number of likely N-dealkylation sites (tertiary alicyclic amines) is 1. The van der Waals surface area contributed by atoms with Crippen LogP contribution in [0.2, 0.25) is 0 Å². The first-order chi connectivity index (χ1) is 17.0. The molecule has 2 amide bonds. The van der Waals surface area contributed by atoms with Crippen molar-refractivity contribution in [3.05, 3.63) is 83.7 Å². The van der Waals surface area contributed by atoms with Gasteiger partial charge in [0.1, 0.15) is 5.52 Å². The Morgan fingerprint density at radius 3 is 2.60 bits per heavy atom. The average Bonchev–Trinajstić information content (AvgIpc) is 3.32. The van der Waals surface area contributed by atoms with Crippen LogP contribution in [0.1, 0.15) is 40.9 Å². The number of rotatable bonds is 6. The van der Waals surface area contributed by atoms with Crippen LogP contribution in [0.4, 0.5) is 0 Å². The van der Waals surface area contributed by atoms with Crippen LogP contribution in [0.3, 0.4) is 0 Å². The number of carbonyl (C=O) groups is 2. The van der Waals surface area contributed by atoms with Crippen LogP contribution in [-0.2, 0) is 11.3 Å². The number of benzene rings is 2. The fourth-order valence-electron chi connectivity index (χ4n) is 4.43. The quantitative estimate of drug-likeness (QED) is 0.441. The van der Waals surface area contributed by atoms with Crippen molar-refractivity contribution in [2.24, 2.45) is 5.92 Å². The molecule has 35 heavy (non-hydrogen) atoms.